The van der Waals surface area contributed by atoms with Crippen LogP contribution in [0.1, 0.15) is 41.7 Å². The third-order valence-electron chi connectivity index (χ3n) is 6.07. The lowest BCUT2D eigenvalue weighted by Crippen LogP contribution is -2.47. The van der Waals surface area contributed by atoms with Crippen LogP contribution >= 0.6 is 0 Å². The number of ether oxygens (including phenoxy) is 1. The van der Waals surface area contributed by atoms with Crippen molar-refractivity contribution in [2.24, 2.45) is 0 Å². The van der Waals surface area contributed by atoms with Gasteiger partial charge in [0.25, 0.3) is 0 Å². The number of aliphatic hydroxyl groups is 1. The molecule has 1 heterocycles. The fourth-order valence-corrected chi connectivity index (χ4v) is 4.25. The molecule has 1 unspecified atom stereocenters. The van der Waals surface area contributed by atoms with E-state index >= 15 is 0 Å². The minimum absolute atomic E-state index is 0.724. The molecule has 0 fully saturated rings. The maximum atomic E-state index is 12.0. The number of rotatable bonds is 1. The second kappa shape index (κ2) is 5.24. The zero-order chi connectivity index (χ0) is 18.9. The summed E-state index contributed by atoms with van der Waals surface area (Å²) in [4.78, 5) is 0. The molecule has 3 N–H and O–H groups in total. The number of hydrogen-bond donors (Lipinski definition) is 2. The molecule has 26 heavy (non-hydrogen) atoms. The molecule has 1 aliphatic heterocycles. The minimum Gasteiger partial charge on any atom is -0.483 e. The fourth-order valence-electron chi connectivity index (χ4n) is 4.25. The van der Waals surface area contributed by atoms with Crippen LogP contribution in [0.25, 0.3) is 10.8 Å². The van der Waals surface area contributed by atoms with E-state index < -0.39 is 11.2 Å². The van der Waals surface area contributed by atoms with Gasteiger partial charge in [0.15, 0.2) is 5.60 Å². The molecule has 3 nitrogen and oxygen atoms in total. The summed E-state index contributed by atoms with van der Waals surface area (Å²) >= 11 is 0. The molecule has 0 saturated heterocycles. The van der Waals surface area contributed by atoms with Crippen LogP contribution in [0.2, 0.25) is 0 Å². The number of hydrogen-bond acceptors (Lipinski definition) is 3. The van der Waals surface area contributed by atoms with E-state index in [2.05, 4.69) is 24.3 Å². The van der Waals surface area contributed by atoms with E-state index in [1.54, 1.807) is 0 Å². The zero-order valence-electron chi connectivity index (χ0n) is 16.0. The summed E-state index contributed by atoms with van der Waals surface area (Å²) in [7, 11) is 0. The Hall–Kier alpha value is -2.52. The molecular formula is C23H25NO2. The van der Waals surface area contributed by atoms with Gasteiger partial charge in [0, 0.05) is 11.3 Å². The molecule has 134 valence electrons. The predicted octanol–water partition coefficient (Wildman–Crippen LogP) is 4.75. The predicted molar refractivity (Wildman–Crippen MR) is 107 cm³/mol. The Labute approximate surface area is 154 Å². The summed E-state index contributed by atoms with van der Waals surface area (Å²) in [6.07, 6.45) is 0. The van der Waals surface area contributed by atoms with E-state index in [9.17, 15) is 5.11 Å². The molecule has 4 rings (SSSR count). The van der Waals surface area contributed by atoms with E-state index in [0.29, 0.717) is 0 Å². The molecule has 0 aliphatic carbocycles. The van der Waals surface area contributed by atoms with E-state index in [0.717, 1.165) is 50.0 Å². The van der Waals surface area contributed by atoms with Crippen LogP contribution < -0.4 is 10.5 Å². The van der Waals surface area contributed by atoms with Gasteiger partial charge in [-0.15, -0.1) is 0 Å². The summed E-state index contributed by atoms with van der Waals surface area (Å²) in [6.45, 7) is 9.85. The van der Waals surface area contributed by atoms with Gasteiger partial charge in [-0.1, -0.05) is 36.4 Å². The van der Waals surface area contributed by atoms with Crippen LogP contribution in [0.3, 0.4) is 0 Å². The van der Waals surface area contributed by atoms with Crippen LogP contribution in [0.4, 0.5) is 5.69 Å². The minimum atomic E-state index is -1.27. The van der Waals surface area contributed by atoms with Gasteiger partial charge in [0.1, 0.15) is 11.4 Å². The van der Waals surface area contributed by atoms with Gasteiger partial charge in [0.05, 0.1) is 0 Å². The van der Waals surface area contributed by atoms with Gasteiger partial charge in [-0.2, -0.15) is 0 Å². The SMILES string of the molecule is Cc1c(C)c2c(c(C)c1N)C(O)(c1ccc3ccccc3c1)C(C)(C)O2. The van der Waals surface area contributed by atoms with Crippen molar-refractivity contribution in [2.45, 2.75) is 45.8 Å². The largest absolute Gasteiger partial charge is 0.483 e. The zero-order valence-corrected chi connectivity index (χ0v) is 16.0. The molecule has 0 radical (unpaired) electrons. The first-order valence-electron chi connectivity index (χ1n) is 8.99. The highest BCUT2D eigenvalue weighted by molar-refractivity contribution is 5.84. The van der Waals surface area contributed by atoms with Crippen molar-refractivity contribution in [2.75, 3.05) is 5.73 Å². The Morgan fingerprint density at radius 2 is 1.54 bits per heavy atom. The lowest BCUT2D eigenvalue weighted by atomic mass is 9.73. The van der Waals surface area contributed by atoms with E-state index in [-0.39, 0.29) is 0 Å². The van der Waals surface area contributed by atoms with Gasteiger partial charge in [-0.25, -0.2) is 0 Å². The second-order valence-electron chi connectivity index (χ2n) is 7.88. The lowest BCUT2D eigenvalue weighted by molar-refractivity contribution is -0.0644. The number of nitrogens with two attached hydrogens (primary N) is 1. The molecule has 3 aromatic carbocycles. The van der Waals surface area contributed by atoms with Crippen LogP contribution in [-0.2, 0) is 5.60 Å². The van der Waals surface area contributed by atoms with Crippen molar-refractivity contribution >= 4 is 16.5 Å². The molecule has 3 heteroatoms. The Balaban J connectivity index is 2.07. The Morgan fingerprint density at radius 1 is 0.885 bits per heavy atom. The fraction of sp³-hybridized carbons (Fsp3) is 0.304. The summed E-state index contributed by atoms with van der Waals surface area (Å²) in [5.41, 5.74) is 9.52. The molecule has 0 saturated carbocycles. The monoisotopic (exact) mass is 347 g/mol. The van der Waals surface area contributed by atoms with Crippen molar-refractivity contribution in [3.8, 4) is 5.75 Å². The van der Waals surface area contributed by atoms with Gasteiger partial charge in [-0.3, -0.25) is 0 Å². The van der Waals surface area contributed by atoms with Crippen molar-refractivity contribution in [1.82, 2.24) is 0 Å². The van der Waals surface area contributed by atoms with Crippen LogP contribution in [0, 0.1) is 20.8 Å². The summed E-state index contributed by atoms with van der Waals surface area (Å²) in [5.74, 6) is 0.759. The van der Waals surface area contributed by atoms with Gasteiger partial charge < -0.3 is 15.6 Å². The maximum absolute atomic E-state index is 12.0. The van der Waals surface area contributed by atoms with Crippen LogP contribution in [0.15, 0.2) is 42.5 Å². The van der Waals surface area contributed by atoms with Crippen molar-refractivity contribution < 1.29 is 9.84 Å². The van der Waals surface area contributed by atoms with Gasteiger partial charge in [0.2, 0.25) is 0 Å². The van der Waals surface area contributed by atoms with Gasteiger partial charge in [-0.05, 0) is 73.7 Å². The molecule has 3 aromatic rings. The average Bonchev–Trinajstić information content (AvgIpc) is 2.85. The van der Waals surface area contributed by atoms with E-state index in [1.165, 1.54) is 0 Å². The maximum Gasteiger partial charge on any atom is 0.157 e. The van der Waals surface area contributed by atoms with Crippen LogP contribution in [-0.4, -0.2) is 10.7 Å². The second-order valence-corrected chi connectivity index (χ2v) is 7.88. The van der Waals surface area contributed by atoms with Crippen LogP contribution in [0.5, 0.6) is 5.75 Å². The molecular weight excluding hydrogens is 322 g/mol. The highest BCUT2D eigenvalue weighted by Crippen LogP contribution is 2.55. The quantitative estimate of drug-likeness (QED) is 0.624. The first kappa shape index (κ1) is 16.9. The van der Waals surface area contributed by atoms with Gasteiger partial charge >= 0.3 is 0 Å². The first-order valence-corrected chi connectivity index (χ1v) is 8.99. The third-order valence-corrected chi connectivity index (χ3v) is 6.07. The smallest absolute Gasteiger partial charge is 0.157 e. The Morgan fingerprint density at radius 3 is 2.23 bits per heavy atom. The summed E-state index contributed by atoms with van der Waals surface area (Å²) in [5, 5.41) is 14.3. The number of benzene rings is 3. The highest BCUT2D eigenvalue weighted by Gasteiger charge is 2.56. The summed E-state index contributed by atoms with van der Waals surface area (Å²) < 4.78 is 6.32. The highest BCUT2D eigenvalue weighted by atomic mass is 16.5. The lowest BCUT2D eigenvalue weighted by Gasteiger charge is -2.36. The molecule has 0 bridgehead atoms. The first-order chi connectivity index (χ1) is 12.2. The molecule has 0 spiro atoms. The van der Waals surface area contributed by atoms with Crippen molar-refractivity contribution in [1.29, 1.82) is 0 Å². The number of fused-ring (bicyclic) bond motifs is 2. The average molecular weight is 347 g/mol. The summed E-state index contributed by atoms with van der Waals surface area (Å²) in [6, 6.07) is 14.3. The molecule has 0 amide bonds. The van der Waals surface area contributed by atoms with Crippen molar-refractivity contribution in [3.63, 3.8) is 0 Å². The molecule has 1 aliphatic rings. The Kier molecular flexibility index (Phi) is 3.41. The van der Waals surface area contributed by atoms with E-state index in [4.69, 9.17) is 10.5 Å². The topological polar surface area (TPSA) is 55.5 Å². The number of anilines is 1. The Bertz CT molecular complexity index is 1050. The standard InChI is InChI=1S/C23H25NO2/c1-13-14(2)21-19(15(3)20(13)24)23(25,22(4,5)26-21)18-11-10-16-8-6-7-9-17(16)12-18/h6-12,25H,24H2,1-5H3. The van der Waals surface area contributed by atoms with E-state index in [1.807, 2.05) is 52.8 Å². The molecule has 1 atom stereocenters. The van der Waals surface area contributed by atoms with Crippen molar-refractivity contribution in [3.05, 3.63) is 70.3 Å². The normalized spacial score (nSPS) is 20.8. The number of nitrogen functional groups attached to an aromatic ring is 1. The third kappa shape index (κ3) is 1.98. The molecule has 0 aromatic heterocycles.